The summed E-state index contributed by atoms with van der Waals surface area (Å²) in [6.07, 6.45) is 8.21. The zero-order chi connectivity index (χ0) is 15.7. The van der Waals surface area contributed by atoms with Crippen molar-refractivity contribution in [2.45, 2.75) is 37.9 Å². The van der Waals surface area contributed by atoms with Crippen molar-refractivity contribution in [1.29, 1.82) is 0 Å². The maximum absolute atomic E-state index is 12.5. The van der Waals surface area contributed by atoms with Gasteiger partial charge >= 0.3 is 0 Å². The average Bonchev–Trinajstić information content (AvgIpc) is 3.11. The van der Waals surface area contributed by atoms with E-state index in [9.17, 15) is 4.79 Å². The van der Waals surface area contributed by atoms with Crippen molar-refractivity contribution in [3.63, 3.8) is 0 Å². The van der Waals surface area contributed by atoms with Gasteiger partial charge in [0.1, 0.15) is 0 Å². The van der Waals surface area contributed by atoms with Gasteiger partial charge in [-0.2, -0.15) is 0 Å². The van der Waals surface area contributed by atoms with Gasteiger partial charge in [0.15, 0.2) is 5.16 Å². The van der Waals surface area contributed by atoms with Gasteiger partial charge in [-0.3, -0.25) is 9.78 Å². The Morgan fingerprint density at radius 2 is 2.18 bits per heavy atom. The van der Waals surface area contributed by atoms with Gasteiger partial charge in [0.25, 0.3) is 0 Å². The largest absolute Gasteiger partial charge is 0.321 e. The minimum atomic E-state index is -0.0357. The molecule has 3 rings (SSSR count). The Hall–Kier alpha value is -1.82. The first-order valence-corrected chi connectivity index (χ1v) is 8.35. The third-order valence-corrected chi connectivity index (χ3v) is 4.69. The predicted octanol–water partition coefficient (Wildman–Crippen LogP) is 2.71. The number of hydrogen-bond acceptors (Lipinski definition) is 4. The molecule has 0 spiro atoms. The number of imidazole rings is 1. The summed E-state index contributed by atoms with van der Waals surface area (Å²) in [5.74, 6) is 0.502. The maximum atomic E-state index is 12.5. The fourth-order valence-electron chi connectivity index (χ4n) is 2.59. The number of carbonyl (C=O) groups excluding carboxylic acids is 1. The molecule has 6 heteroatoms. The Kier molecular flexibility index (Phi) is 3.95. The highest BCUT2D eigenvalue weighted by Crippen LogP contribution is 2.29. The first-order chi connectivity index (χ1) is 10.5. The lowest BCUT2D eigenvalue weighted by molar-refractivity contribution is -0.116. The molecule has 0 unspecified atom stereocenters. The van der Waals surface area contributed by atoms with E-state index in [1.165, 1.54) is 17.3 Å². The third kappa shape index (κ3) is 2.88. The van der Waals surface area contributed by atoms with Crippen LogP contribution in [0.15, 0.2) is 36.0 Å². The van der Waals surface area contributed by atoms with Gasteiger partial charge < -0.3 is 9.47 Å². The number of pyridine rings is 1. The fourth-order valence-corrected chi connectivity index (χ4v) is 3.61. The molecule has 22 heavy (non-hydrogen) atoms. The molecular formula is C16H20N4OS. The summed E-state index contributed by atoms with van der Waals surface area (Å²) >= 11 is 1.49. The lowest BCUT2D eigenvalue weighted by Crippen LogP contribution is -2.31. The number of hydrogen-bond donors (Lipinski definition) is 0. The Balaban J connectivity index is 1.68. The number of rotatable bonds is 3. The second kappa shape index (κ2) is 5.76. The average molecular weight is 316 g/mol. The van der Waals surface area contributed by atoms with E-state index in [4.69, 9.17) is 0 Å². The Labute approximate surface area is 134 Å². The van der Waals surface area contributed by atoms with E-state index in [1.54, 1.807) is 18.6 Å². The zero-order valence-corrected chi connectivity index (χ0v) is 13.9. The second-order valence-corrected chi connectivity index (χ2v) is 7.28. The monoisotopic (exact) mass is 316 g/mol. The molecule has 3 heterocycles. The van der Waals surface area contributed by atoms with Gasteiger partial charge in [-0.15, -0.1) is 0 Å². The smallest absolute Gasteiger partial charge is 0.237 e. The number of amides is 1. The molecule has 0 aromatic carbocycles. The van der Waals surface area contributed by atoms with Gasteiger partial charge in [-0.1, -0.05) is 11.8 Å². The first kappa shape index (κ1) is 15.1. The maximum Gasteiger partial charge on any atom is 0.237 e. The summed E-state index contributed by atoms with van der Waals surface area (Å²) in [7, 11) is 0. The van der Waals surface area contributed by atoms with Crippen LogP contribution in [0, 0.1) is 0 Å². The highest BCUT2D eigenvalue weighted by atomic mass is 32.2. The van der Waals surface area contributed by atoms with Crippen LogP contribution in [-0.2, 0) is 16.8 Å². The first-order valence-electron chi connectivity index (χ1n) is 7.37. The molecule has 0 bridgehead atoms. The minimum absolute atomic E-state index is 0.0357. The molecule has 0 aliphatic carbocycles. The SMILES string of the molecule is CC(C)(C)n1ccnc1SCC(=O)N1CCc2ccncc21. The lowest BCUT2D eigenvalue weighted by Gasteiger charge is -2.23. The van der Waals surface area contributed by atoms with Crippen molar-refractivity contribution in [3.05, 3.63) is 36.4 Å². The van der Waals surface area contributed by atoms with Crippen molar-refractivity contribution in [3.8, 4) is 0 Å². The van der Waals surface area contributed by atoms with Crippen LogP contribution in [0.3, 0.4) is 0 Å². The molecule has 0 radical (unpaired) electrons. The van der Waals surface area contributed by atoms with Crippen LogP contribution in [0.4, 0.5) is 5.69 Å². The summed E-state index contributed by atoms with van der Waals surface area (Å²) in [5.41, 5.74) is 2.11. The van der Waals surface area contributed by atoms with E-state index >= 15 is 0 Å². The number of aromatic nitrogens is 3. The van der Waals surface area contributed by atoms with E-state index in [0.29, 0.717) is 5.75 Å². The number of fused-ring (bicyclic) bond motifs is 1. The molecule has 5 nitrogen and oxygen atoms in total. The molecule has 2 aromatic heterocycles. The lowest BCUT2D eigenvalue weighted by atomic mass is 10.1. The number of anilines is 1. The van der Waals surface area contributed by atoms with Crippen LogP contribution >= 0.6 is 11.8 Å². The molecular weight excluding hydrogens is 296 g/mol. The molecule has 1 amide bonds. The normalized spacial score (nSPS) is 14.2. The molecule has 0 saturated heterocycles. The van der Waals surface area contributed by atoms with E-state index < -0.39 is 0 Å². The van der Waals surface area contributed by atoms with Crippen LogP contribution in [0.5, 0.6) is 0 Å². The fraction of sp³-hybridized carbons (Fsp3) is 0.438. The van der Waals surface area contributed by atoms with E-state index in [1.807, 2.05) is 17.2 Å². The summed E-state index contributed by atoms with van der Waals surface area (Å²) in [5, 5.41) is 0.881. The molecule has 0 fully saturated rings. The Morgan fingerprint density at radius 3 is 2.95 bits per heavy atom. The van der Waals surface area contributed by atoms with Crippen LogP contribution < -0.4 is 4.90 Å². The molecule has 0 atom stereocenters. The summed E-state index contributed by atoms with van der Waals surface area (Å²) < 4.78 is 2.10. The molecule has 1 aliphatic heterocycles. The predicted molar refractivity (Wildman–Crippen MR) is 88.2 cm³/mol. The van der Waals surface area contributed by atoms with Crippen molar-refractivity contribution in [1.82, 2.24) is 14.5 Å². The van der Waals surface area contributed by atoms with Crippen molar-refractivity contribution < 1.29 is 4.79 Å². The second-order valence-electron chi connectivity index (χ2n) is 6.34. The van der Waals surface area contributed by atoms with Crippen LogP contribution in [-0.4, -0.2) is 32.7 Å². The molecule has 2 aromatic rings. The van der Waals surface area contributed by atoms with Crippen LogP contribution in [0.1, 0.15) is 26.3 Å². The van der Waals surface area contributed by atoms with Crippen LogP contribution in [0.25, 0.3) is 0 Å². The van der Waals surface area contributed by atoms with Gasteiger partial charge in [0.2, 0.25) is 5.91 Å². The zero-order valence-electron chi connectivity index (χ0n) is 13.1. The highest BCUT2D eigenvalue weighted by Gasteiger charge is 2.25. The van der Waals surface area contributed by atoms with Gasteiger partial charge in [-0.05, 0) is 38.8 Å². The van der Waals surface area contributed by atoms with E-state index in [2.05, 4.69) is 35.3 Å². The van der Waals surface area contributed by atoms with Crippen molar-refractivity contribution in [2.24, 2.45) is 0 Å². The molecule has 116 valence electrons. The summed E-state index contributed by atoms with van der Waals surface area (Å²) in [6, 6.07) is 1.99. The summed E-state index contributed by atoms with van der Waals surface area (Å²) in [6.45, 7) is 7.13. The number of carbonyl (C=O) groups is 1. The Bertz CT molecular complexity index is 689. The van der Waals surface area contributed by atoms with Gasteiger partial charge in [0, 0.05) is 30.7 Å². The van der Waals surface area contributed by atoms with Crippen molar-refractivity contribution in [2.75, 3.05) is 17.2 Å². The number of nitrogens with zero attached hydrogens (tertiary/aromatic N) is 4. The number of thioether (sulfide) groups is 1. The van der Waals surface area contributed by atoms with E-state index in [-0.39, 0.29) is 11.4 Å². The standard InChI is InChI=1S/C16H20N4OS/c1-16(2,3)20-9-7-18-15(20)22-11-14(21)19-8-5-12-4-6-17-10-13(12)19/h4,6-7,9-10H,5,8,11H2,1-3H3. The molecule has 0 N–H and O–H groups in total. The topological polar surface area (TPSA) is 51.0 Å². The van der Waals surface area contributed by atoms with Gasteiger partial charge in [-0.25, -0.2) is 4.98 Å². The minimum Gasteiger partial charge on any atom is -0.321 e. The Morgan fingerprint density at radius 1 is 1.36 bits per heavy atom. The third-order valence-electron chi connectivity index (χ3n) is 3.74. The molecule has 0 saturated carbocycles. The van der Waals surface area contributed by atoms with E-state index in [0.717, 1.165) is 23.8 Å². The molecule has 1 aliphatic rings. The van der Waals surface area contributed by atoms with Crippen LogP contribution in [0.2, 0.25) is 0 Å². The van der Waals surface area contributed by atoms with Gasteiger partial charge in [0.05, 0.1) is 17.6 Å². The quantitative estimate of drug-likeness (QED) is 0.817. The highest BCUT2D eigenvalue weighted by molar-refractivity contribution is 7.99. The van der Waals surface area contributed by atoms with Crippen molar-refractivity contribution >= 4 is 23.4 Å². The summed E-state index contributed by atoms with van der Waals surface area (Å²) in [4.78, 5) is 22.8.